The number of benzene rings is 2. The van der Waals surface area contributed by atoms with E-state index in [9.17, 15) is 0 Å². The summed E-state index contributed by atoms with van der Waals surface area (Å²) >= 11 is 0. The Labute approximate surface area is 185 Å². The standard InChI is InChI=1S/C22H30N4O.HI/c1-17-8-10-20(11-9-17)26-15-13-19(16-26)25-22(23-2)24-14-12-18-6-4-5-7-21(18)27-3;/h4-11,19H,12-16H2,1-3H3,(H2,23,24,25);1H. The molecule has 0 aromatic heterocycles. The van der Waals surface area contributed by atoms with Crippen molar-refractivity contribution in [2.45, 2.75) is 25.8 Å². The molecule has 1 fully saturated rings. The molecule has 152 valence electrons. The van der Waals surface area contributed by atoms with E-state index in [-0.39, 0.29) is 24.0 Å². The van der Waals surface area contributed by atoms with Gasteiger partial charge in [0.25, 0.3) is 0 Å². The molecule has 0 spiro atoms. The number of hydrogen-bond acceptors (Lipinski definition) is 3. The van der Waals surface area contributed by atoms with Crippen molar-refractivity contribution in [3.05, 3.63) is 59.7 Å². The summed E-state index contributed by atoms with van der Waals surface area (Å²) in [6.07, 6.45) is 2.01. The molecule has 0 radical (unpaired) electrons. The predicted molar refractivity (Wildman–Crippen MR) is 128 cm³/mol. The molecule has 3 rings (SSSR count). The number of rotatable bonds is 6. The number of aryl methyl sites for hydroxylation is 1. The van der Waals surface area contributed by atoms with Gasteiger partial charge in [-0.1, -0.05) is 35.9 Å². The predicted octanol–water partition coefficient (Wildman–Crippen LogP) is 3.61. The number of anilines is 1. The average molecular weight is 494 g/mol. The fourth-order valence-electron chi connectivity index (χ4n) is 3.48. The number of ether oxygens (including phenoxy) is 1. The van der Waals surface area contributed by atoms with Crippen molar-refractivity contribution in [2.75, 3.05) is 38.7 Å². The van der Waals surface area contributed by atoms with E-state index in [2.05, 4.69) is 57.8 Å². The third-order valence-corrected chi connectivity index (χ3v) is 5.03. The van der Waals surface area contributed by atoms with Crippen molar-refractivity contribution in [3.8, 4) is 5.75 Å². The lowest BCUT2D eigenvalue weighted by atomic mass is 10.1. The van der Waals surface area contributed by atoms with Gasteiger partial charge in [-0.05, 0) is 43.5 Å². The maximum atomic E-state index is 5.42. The molecule has 0 amide bonds. The van der Waals surface area contributed by atoms with E-state index in [0.717, 1.165) is 44.2 Å². The molecular formula is C22H31IN4O. The lowest BCUT2D eigenvalue weighted by Gasteiger charge is -2.20. The number of para-hydroxylation sites is 1. The topological polar surface area (TPSA) is 48.9 Å². The van der Waals surface area contributed by atoms with E-state index < -0.39 is 0 Å². The zero-order chi connectivity index (χ0) is 19.1. The van der Waals surface area contributed by atoms with Crippen LogP contribution in [0.15, 0.2) is 53.5 Å². The molecule has 1 aliphatic heterocycles. The quantitative estimate of drug-likeness (QED) is 0.366. The second kappa shape index (κ2) is 11.1. The van der Waals surface area contributed by atoms with Crippen LogP contribution in [-0.4, -0.2) is 45.8 Å². The van der Waals surface area contributed by atoms with Crippen LogP contribution in [0, 0.1) is 6.92 Å². The van der Waals surface area contributed by atoms with Gasteiger partial charge in [-0.3, -0.25) is 4.99 Å². The Hall–Kier alpha value is -1.96. The first-order chi connectivity index (χ1) is 13.2. The summed E-state index contributed by atoms with van der Waals surface area (Å²) in [4.78, 5) is 6.81. The summed E-state index contributed by atoms with van der Waals surface area (Å²) in [6.45, 7) is 5.00. The first-order valence-electron chi connectivity index (χ1n) is 9.60. The van der Waals surface area contributed by atoms with Crippen molar-refractivity contribution >= 4 is 35.6 Å². The highest BCUT2D eigenvalue weighted by molar-refractivity contribution is 14.0. The van der Waals surface area contributed by atoms with Gasteiger partial charge in [0.15, 0.2) is 5.96 Å². The van der Waals surface area contributed by atoms with Crippen LogP contribution in [0.5, 0.6) is 5.75 Å². The van der Waals surface area contributed by atoms with Crippen LogP contribution in [0.3, 0.4) is 0 Å². The fraction of sp³-hybridized carbons (Fsp3) is 0.409. The summed E-state index contributed by atoms with van der Waals surface area (Å²) in [7, 11) is 3.54. The molecule has 2 N–H and O–H groups in total. The minimum atomic E-state index is 0. The zero-order valence-electron chi connectivity index (χ0n) is 16.9. The van der Waals surface area contributed by atoms with Gasteiger partial charge in [-0.15, -0.1) is 24.0 Å². The van der Waals surface area contributed by atoms with E-state index in [4.69, 9.17) is 4.74 Å². The molecule has 0 saturated carbocycles. The first-order valence-corrected chi connectivity index (χ1v) is 9.60. The normalized spacial score (nSPS) is 16.5. The minimum Gasteiger partial charge on any atom is -0.496 e. The first kappa shape index (κ1) is 22.3. The number of halogens is 1. The SMILES string of the molecule is CN=C(NCCc1ccccc1OC)NC1CCN(c2ccc(C)cc2)C1.I. The largest absolute Gasteiger partial charge is 0.496 e. The van der Waals surface area contributed by atoms with E-state index >= 15 is 0 Å². The fourth-order valence-corrected chi connectivity index (χ4v) is 3.48. The molecule has 1 aliphatic rings. The summed E-state index contributed by atoms with van der Waals surface area (Å²) in [6, 6.07) is 17.3. The Balaban J connectivity index is 0.00000280. The van der Waals surface area contributed by atoms with Crippen molar-refractivity contribution < 1.29 is 4.74 Å². The van der Waals surface area contributed by atoms with Crippen molar-refractivity contribution in [1.82, 2.24) is 10.6 Å². The van der Waals surface area contributed by atoms with Crippen LogP contribution < -0.4 is 20.3 Å². The molecule has 1 saturated heterocycles. The number of methoxy groups -OCH3 is 1. The molecule has 0 aliphatic carbocycles. The Morgan fingerprint density at radius 3 is 2.64 bits per heavy atom. The zero-order valence-corrected chi connectivity index (χ0v) is 19.3. The second-order valence-corrected chi connectivity index (χ2v) is 6.97. The van der Waals surface area contributed by atoms with Gasteiger partial charge >= 0.3 is 0 Å². The lowest BCUT2D eigenvalue weighted by Crippen LogP contribution is -2.45. The molecule has 5 nitrogen and oxygen atoms in total. The minimum absolute atomic E-state index is 0. The van der Waals surface area contributed by atoms with Gasteiger partial charge in [0.2, 0.25) is 0 Å². The van der Waals surface area contributed by atoms with E-state index in [1.807, 2.05) is 25.2 Å². The van der Waals surface area contributed by atoms with E-state index in [0.29, 0.717) is 6.04 Å². The van der Waals surface area contributed by atoms with Crippen LogP contribution in [0.1, 0.15) is 17.5 Å². The molecule has 2 aromatic rings. The molecule has 0 bridgehead atoms. The van der Waals surface area contributed by atoms with Crippen LogP contribution in [-0.2, 0) is 6.42 Å². The molecule has 1 heterocycles. The highest BCUT2D eigenvalue weighted by Crippen LogP contribution is 2.21. The Bertz CT molecular complexity index is 763. The smallest absolute Gasteiger partial charge is 0.191 e. The molecule has 1 atom stereocenters. The van der Waals surface area contributed by atoms with Gasteiger partial charge in [0.1, 0.15) is 5.75 Å². The number of hydrogen-bond donors (Lipinski definition) is 2. The summed E-state index contributed by atoms with van der Waals surface area (Å²) in [5.74, 6) is 1.80. The van der Waals surface area contributed by atoms with Gasteiger partial charge in [0, 0.05) is 38.4 Å². The van der Waals surface area contributed by atoms with Crippen LogP contribution in [0.2, 0.25) is 0 Å². The van der Waals surface area contributed by atoms with Gasteiger partial charge in [0.05, 0.1) is 7.11 Å². The third-order valence-electron chi connectivity index (χ3n) is 5.03. The van der Waals surface area contributed by atoms with Crippen molar-refractivity contribution in [2.24, 2.45) is 4.99 Å². The Kier molecular flexibility index (Phi) is 8.89. The number of nitrogens with zero attached hydrogens (tertiary/aromatic N) is 2. The average Bonchev–Trinajstić information content (AvgIpc) is 3.16. The maximum Gasteiger partial charge on any atom is 0.191 e. The molecular weight excluding hydrogens is 463 g/mol. The third kappa shape index (κ3) is 6.02. The monoisotopic (exact) mass is 494 g/mol. The van der Waals surface area contributed by atoms with Crippen LogP contribution in [0.4, 0.5) is 5.69 Å². The van der Waals surface area contributed by atoms with Gasteiger partial charge in [-0.25, -0.2) is 0 Å². The van der Waals surface area contributed by atoms with Gasteiger partial charge in [-0.2, -0.15) is 0 Å². The van der Waals surface area contributed by atoms with Crippen molar-refractivity contribution in [3.63, 3.8) is 0 Å². The van der Waals surface area contributed by atoms with Gasteiger partial charge < -0.3 is 20.3 Å². The highest BCUT2D eigenvalue weighted by Gasteiger charge is 2.23. The second-order valence-electron chi connectivity index (χ2n) is 6.97. The highest BCUT2D eigenvalue weighted by atomic mass is 127. The Morgan fingerprint density at radius 2 is 1.93 bits per heavy atom. The molecule has 6 heteroatoms. The molecule has 1 unspecified atom stereocenters. The van der Waals surface area contributed by atoms with E-state index in [1.165, 1.54) is 16.8 Å². The number of nitrogens with one attached hydrogen (secondary N) is 2. The van der Waals surface area contributed by atoms with Crippen molar-refractivity contribution in [1.29, 1.82) is 0 Å². The lowest BCUT2D eigenvalue weighted by molar-refractivity contribution is 0.409. The number of guanidine groups is 1. The summed E-state index contributed by atoms with van der Waals surface area (Å²) < 4.78 is 5.42. The number of aliphatic imine (C=N–C) groups is 1. The summed E-state index contributed by atoms with van der Waals surface area (Å²) in [5, 5.41) is 6.98. The van der Waals surface area contributed by atoms with Crippen LogP contribution in [0.25, 0.3) is 0 Å². The molecule has 2 aromatic carbocycles. The maximum absolute atomic E-state index is 5.42. The Morgan fingerprint density at radius 1 is 1.18 bits per heavy atom. The summed E-state index contributed by atoms with van der Waals surface area (Å²) in [5.41, 5.74) is 3.80. The molecule has 28 heavy (non-hydrogen) atoms. The van der Waals surface area contributed by atoms with Crippen LogP contribution >= 0.6 is 24.0 Å². The van der Waals surface area contributed by atoms with E-state index in [1.54, 1.807) is 7.11 Å².